The highest BCUT2D eigenvalue weighted by Crippen LogP contribution is 2.25. The van der Waals surface area contributed by atoms with Crippen LogP contribution in [0.4, 0.5) is 0 Å². The van der Waals surface area contributed by atoms with Gasteiger partial charge in [0, 0.05) is 13.5 Å². The summed E-state index contributed by atoms with van der Waals surface area (Å²) in [5.41, 5.74) is 2.14. The highest BCUT2D eigenvalue weighted by atomic mass is 32.2. The van der Waals surface area contributed by atoms with Gasteiger partial charge in [0.25, 0.3) is 0 Å². The van der Waals surface area contributed by atoms with E-state index in [9.17, 15) is 0 Å². The molecule has 6 heteroatoms. The second-order valence-electron chi connectivity index (χ2n) is 5.43. The molecule has 0 amide bonds. The minimum Gasteiger partial charge on any atom is -0.338 e. The van der Waals surface area contributed by atoms with Crippen molar-refractivity contribution in [1.82, 2.24) is 19.7 Å². The molecule has 0 spiro atoms. The third kappa shape index (κ3) is 3.10. The third-order valence-electron chi connectivity index (χ3n) is 3.17. The zero-order valence-electron chi connectivity index (χ0n) is 12.4. The quantitative estimate of drug-likeness (QED) is 0.676. The zero-order valence-corrected chi connectivity index (χ0v) is 13.2. The predicted molar refractivity (Wildman–Crippen MR) is 83.1 cm³/mol. The number of nitrogens with zero attached hydrogens (tertiary/aromatic N) is 4. The molecule has 2 aromatic heterocycles. The summed E-state index contributed by atoms with van der Waals surface area (Å²) in [6, 6.07) is 8.11. The molecule has 0 radical (unpaired) electrons. The van der Waals surface area contributed by atoms with Crippen molar-refractivity contribution in [1.29, 1.82) is 0 Å². The Bertz CT molecular complexity index is 747. The Labute approximate surface area is 127 Å². The predicted octanol–water partition coefficient (Wildman–Crippen LogP) is 3.45. The Morgan fingerprint density at radius 2 is 2.05 bits per heavy atom. The fourth-order valence-corrected chi connectivity index (χ4v) is 3.00. The number of fused-ring (bicyclic) bond motifs is 1. The van der Waals surface area contributed by atoms with Crippen molar-refractivity contribution in [2.45, 2.75) is 31.2 Å². The van der Waals surface area contributed by atoms with Crippen molar-refractivity contribution in [3.63, 3.8) is 0 Å². The van der Waals surface area contributed by atoms with Crippen LogP contribution in [0.25, 0.3) is 11.0 Å². The number of aryl methyl sites for hydroxylation is 1. The van der Waals surface area contributed by atoms with E-state index in [2.05, 4.69) is 39.6 Å². The van der Waals surface area contributed by atoms with Gasteiger partial charge in [-0.3, -0.25) is 0 Å². The molecule has 0 atom stereocenters. The number of hydrogen-bond acceptors (Lipinski definition) is 5. The van der Waals surface area contributed by atoms with Gasteiger partial charge in [-0.2, -0.15) is 4.98 Å². The highest BCUT2D eigenvalue weighted by Gasteiger charge is 2.12. The SMILES string of the molecule is CC(C)Cc1noc(CSc2nc3ccccc3n2C)n1. The number of rotatable bonds is 5. The number of para-hydroxylation sites is 2. The lowest BCUT2D eigenvalue weighted by molar-refractivity contribution is 0.382. The summed E-state index contributed by atoms with van der Waals surface area (Å²) >= 11 is 1.61. The van der Waals surface area contributed by atoms with Crippen LogP contribution in [-0.2, 0) is 19.2 Å². The fraction of sp³-hybridized carbons (Fsp3) is 0.400. The molecule has 2 heterocycles. The number of hydrogen-bond donors (Lipinski definition) is 0. The Kier molecular flexibility index (Phi) is 3.96. The van der Waals surface area contributed by atoms with Gasteiger partial charge in [-0.15, -0.1) is 0 Å². The van der Waals surface area contributed by atoms with Gasteiger partial charge in [-0.05, 0) is 18.1 Å². The first kappa shape index (κ1) is 14.1. The number of benzene rings is 1. The molecule has 3 aromatic rings. The van der Waals surface area contributed by atoms with E-state index in [1.807, 2.05) is 25.2 Å². The topological polar surface area (TPSA) is 56.7 Å². The monoisotopic (exact) mass is 302 g/mol. The first-order valence-electron chi connectivity index (χ1n) is 6.99. The lowest BCUT2D eigenvalue weighted by atomic mass is 10.1. The first-order chi connectivity index (χ1) is 10.1. The maximum Gasteiger partial charge on any atom is 0.237 e. The molecule has 21 heavy (non-hydrogen) atoms. The molecule has 5 nitrogen and oxygen atoms in total. The van der Waals surface area contributed by atoms with Crippen LogP contribution >= 0.6 is 11.8 Å². The Balaban J connectivity index is 1.71. The lowest BCUT2D eigenvalue weighted by Gasteiger charge is -1.99. The fourth-order valence-electron chi connectivity index (χ4n) is 2.18. The van der Waals surface area contributed by atoms with Crippen molar-refractivity contribution >= 4 is 22.8 Å². The number of imidazole rings is 1. The van der Waals surface area contributed by atoms with Gasteiger partial charge in [0.05, 0.1) is 16.8 Å². The normalized spacial score (nSPS) is 11.6. The second kappa shape index (κ2) is 5.89. The molecule has 3 rings (SSSR count). The van der Waals surface area contributed by atoms with Crippen molar-refractivity contribution in [3.8, 4) is 0 Å². The molecule has 0 unspecified atom stereocenters. The van der Waals surface area contributed by atoms with Gasteiger partial charge in [0.2, 0.25) is 5.89 Å². The molecule has 0 saturated heterocycles. The molecule has 0 saturated carbocycles. The average Bonchev–Trinajstić information content (AvgIpc) is 3.02. The largest absolute Gasteiger partial charge is 0.338 e. The Morgan fingerprint density at radius 1 is 1.24 bits per heavy atom. The Morgan fingerprint density at radius 3 is 2.81 bits per heavy atom. The van der Waals surface area contributed by atoms with E-state index < -0.39 is 0 Å². The summed E-state index contributed by atoms with van der Waals surface area (Å²) in [4.78, 5) is 9.03. The van der Waals surface area contributed by atoms with Gasteiger partial charge in [0.1, 0.15) is 0 Å². The number of aromatic nitrogens is 4. The molecular formula is C15H18N4OS. The smallest absolute Gasteiger partial charge is 0.237 e. The lowest BCUT2D eigenvalue weighted by Crippen LogP contribution is -1.96. The van der Waals surface area contributed by atoms with Crippen molar-refractivity contribution < 1.29 is 4.52 Å². The van der Waals surface area contributed by atoms with Crippen LogP contribution in [0.3, 0.4) is 0 Å². The minimum atomic E-state index is 0.531. The number of thioether (sulfide) groups is 1. The summed E-state index contributed by atoms with van der Waals surface area (Å²) in [6.07, 6.45) is 0.848. The van der Waals surface area contributed by atoms with E-state index >= 15 is 0 Å². The Hall–Kier alpha value is -1.82. The van der Waals surface area contributed by atoms with Crippen molar-refractivity contribution in [3.05, 3.63) is 36.0 Å². The van der Waals surface area contributed by atoms with Gasteiger partial charge in [0.15, 0.2) is 11.0 Å². The first-order valence-corrected chi connectivity index (χ1v) is 7.97. The standard InChI is InChI=1S/C15H18N4OS/c1-10(2)8-13-17-14(20-18-13)9-21-15-16-11-6-4-5-7-12(11)19(15)3/h4-7,10H,8-9H2,1-3H3. The summed E-state index contributed by atoms with van der Waals surface area (Å²) in [7, 11) is 2.02. The van der Waals surface area contributed by atoms with Crippen LogP contribution in [-0.4, -0.2) is 19.7 Å². The molecule has 0 fully saturated rings. The zero-order chi connectivity index (χ0) is 14.8. The molecule has 0 aliphatic carbocycles. The van der Waals surface area contributed by atoms with Crippen molar-refractivity contribution in [2.24, 2.45) is 13.0 Å². The molecule has 0 N–H and O–H groups in total. The van der Waals surface area contributed by atoms with E-state index in [0.717, 1.165) is 28.4 Å². The molecule has 110 valence electrons. The van der Waals surface area contributed by atoms with Crippen LogP contribution < -0.4 is 0 Å². The van der Waals surface area contributed by atoms with E-state index in [4.69, 9.17) is 4.52 Å². The molecule has 0 bridgehead atoms. The van der Waals surface area contributed by atoms with Crippen LogP contribution in [0, 0.1) is 5.92 Å². The van der Waals surface area contributed by atoms with E-state index in [0.29, 0.717) is 17.6 Å². The van der Waals surface area contributed by atoms with E-state index in [1.165, 1.54) is 0 Å². The van der Waals surface area contributed by atoms with Gasteiger partial charge in [-0.25, -0.2) is 4.98 Å². The minimum absolute atomic E-state index is 0.531. The van der Waals surface area contributed by atoms with Crippen molar-refractivity contribution in [2.75, 3.05) is 0 Å². The maximum atomic E-state index is 5.28. The van der Waals surface area contributed by atoms with Gasteiger partial charge >= 0.3 is 0 Å². The van der Waals surface area contributed by atoms with Crippen LogP contribution in [0.2, 0.25) is 0 Å². The highest BCUT2D eigenvalue weighted by molar-refractivity contribution is 7.98. The van der Waals surface area contributed by atoms with Gasteiger partial charge < -0.3 is 9.09 Å². The molecule has 1 aromatic carbocycles. The van der Waals surface area contributed by atoms with Gasteiger partial charge in [-0.1, -0.05) is 42.9 Å². The second-order valence-corrected chi connectivity index (χ2v) is 6.38. The summed E-state index contributed by atoms with van der Waals surface area (Å²) < 4.78 is 7.37. The summed E-state index contributed by atoms with van der Waals surface area (Å²) in [6.45, 7) is 4.29. The van der Waals surface area contributed by atoms with Crippen LogP contribution in [0.5, 0.6) is 0 Å². The average molecular weight is 302 g/mol. The maximum absolute atomic E-state index is 5.28. The summed E-state index contributed by atoms with van der Waals surface area (Å²) in [5.74, 6) is 2.61. The van der Waals surface area contributed by atoms with E-state index in [-0.39, 0.29) is 0 Å². The molecule has 0 aliphatic heterocycles. The van der Waals surface area contributed by atoms with Crippen LogP contribution in [0.15, 0.2) is 33.9 Å². The molecular weight excluding hydrogens is 284 g/mol. The van der Waals surface area contributed by atoms with Crippen LogP contribution in [0.1, 0.15) is 25.6 Å². The van der Waals surface area contributed by atoms with E-state index in [1.54, 1.807) is 11.8 Å². The summed E-state index contributed by atoms with van der Waals surface area (Å²) in [5, 5.41) is 4.97. The molecule has 0 aliphatic rings. The third-order valence-corrected chi connectivity index (χ3v) is 4.19.